The van der Waals surface area contributed by atoms with Crippen LogP contribution in [0.25, 0.3) is 22.5 Å². The minimum atomic E-state index is -0.711. The van der Waals surface area contributed by atoms with E-state index in [-0.39, 0.29) is 12.3 Å². The van der Waals surface area contributed by atoms with Crippen molar-refractivity contribution in [2.75, 3.05) is 31.1 Å². The van der Waals surface area contributed by atoms with E-state index in [1.807, 2.05) is 31.4 Å². The van der Waals surface area contributed by atoms with Crippen molar-refractivity contribution in [3.63, 3.8) is 0 Å². The van der Waals surface area contributed by atoms with Crippen LogP contribution in [0.5, 0.6) is 0 Å². The second-order valence-corrected chi connectivity index (χ2v) is 13.3. The summed E-state index contributed by atoms with van der Waals surface area (Å²) >= 11 is 0. The molecule has 8 heteroatoms. The lowest BCUT2D eigenvalue weighted by atomic mass is 10.0. The van der Waals surface area contributed by atoms with Gasteiger partial charge in [0.2, 0.25) is 0 Å². The minimum Gasteiger partial charge on any atom is -0.366 e. The number of hydrogen-bond acceptors (Lipinski definition) is 3. The van der Waals surface area contributed by atoms with Gasteiger partial charge in [0.15, 0.2) is 0 Å². The van der Waals surface area contributed by atoms with Crippen LogP contribution in [0.2, 0.25) is 0 Å². The molecule has 0 atom stereocenters. The summed E-state index contributed by atoms with van der Waals surface area (Å²) in [5, 5.41) is 7.26. The molecule has 31 heavy (non-hydrogen) atoms. The van der Waals surface area contributed by atoms with Crippen LogP contribution >= 0.6 is 10.0 Å². The third-order valence-corrected chi connectivity index (χ3v) is 6.58. The first-order chi connectivity index (χ1) is 14.5. The van der Waals surface area contributed by atoms with E-state index in [2.05, 4.69) is 29.0 Å². The Morgan fingerprint density at radius 2 is 1.94 bits per heavy atom. The molecular weight excluding hydrogens is 415 g/mol. The highest BCUT2D eigenvalue weighted by atomic mass is 32.3. The van der Waals surface area contributed by atoms with Crippen LogP contribution in [0.4, 0.5) is 4.39 Å². The third-order valence-electron chi connectivity index (χ3n) is 5.19. The van der Waals surface area contributed by atoms with Crippen molar-refractivity contribution in [3.8, 4) is 22.5 Å². The number of nitrogens with two attached hydrogens (primary N) is 1. The molecule has 0 radical (unpaired) electrons. The van der Waals surface area contributed by atoms with Gasteiger partial charge in [0.25, 0.3) is 5.91 Å². The maximum absolute atomic E-state index is 15.0. The number of amides is 1. The maximum Gasteiger partial charge on any atom is 0.250 e. The van der Waals surface area contributed by atoms with Crippen molar-refractivity contribution in [3.05, 3.63) is 52.6 Å². The second kappa shape index (κ2) is 8.88. The first-order valence-electron chi connectivity index (χ1n) is 10.0. The van der Waals surface area contributed by atoms with Gasteiger partial charge >= 0.3 is 0 Å². The Hall–Kier alpha value is -2.58. The molecule has 0 aliphatic rings. The summed E-state index contributed by atoms with van der Waals surface area (Å²) in [4.78, 5) is 12.4. The van der Waals surface area contributed by atoms with E-state index in [4.69, 9.17) is 10.5 Å². The summed E-state index contributed by atoms with van der Waals surface area (Å²) in [6.07, 6.45) is 6.69. The van der Waals surface area contributed by atoms with E-state index < -0.39 is 21.8 Å². The first-order valence-corrected chi connectivity index (χ1v) is 13.1. The summed E-state index contributed by atoms with van der Waals surface area (Å²) in [7, 11) is -0.711. The van der Waals surface area contributed by atoms with Crippen LogP contribution in [0, 0.1) is 26.6 Å². The molecule has 0 aliphatic heterocycles. The summed E-state index contributed by atoms with van der Waals surface area (Å²) in [5.41, 5.74) is 10.7. The third kappa shape index (κ3) is 5.02. The molecule has 2 aromatic heterocycles. The molecular formula is C23H31FN4O2S. The average molecular weight is 447 g/mol. The SMILES string of the molecule is Cc1ccc(-c2c(C(N)=O)cc(-c3c(C)n[nH]c3C)n2COCCS(C)(C)C)c(F)c1. The lowest BCUT2D eigenvalue weighted by Crippen LogP contribution is -2.15. The monoisotopic (exact) mass is 446 g/mol. The Balaban J connectivity index is 2.18. The Bertz CT molecular complexity index is 1090. The lowest BCUT2D eigenvalue weighted by Gasteiger charge is -2.25. The van der Waals surface area contributed by atoms with Gasteiger partial charge in [-0.15, -0.1) is 0 Å². The van der Waals surface area contributed by atoms with Crippen LogP contribution in [-0.4, -0.2) is 51.8 Å². The highest BCUT2D eigenvalue weighted by molar-refractivity contribution is 8.32. The van der Waals surface area contributed by atoms with E-state index in [1.165, 1.54) is 6.07 Å². The molecule has 3 rings (SSSR count). The smallest absolute Gasteiger partial charge is 0.250 e. The Kier molecular flexibility index (Phi) is 6.62. The van der Waals surface area contributed by atoms with Gasteiger partial charge in [0.1, 0.15) is 12.5 Å². The molecule has 3 aromatic rings. The van der Waals surface area contributed by atoms with E-state index in [0.29, 0.717) is 17.9 Å². The predicted molar refractivity (Wildman–Crippen MR) is 126 cm³/mol. The number of H-pyrrole nitrogens is 1. The predicted octanol–water partition coefficient (Wildman–Crippen LogP) is 4.38. The number of rotatable bonds is 8. The zero-order valence-electron chi connectivity index (χ0n) is 19.0. The maximum atomic E-state index is 15.0. The number of nitrogens with zero attached hydrogens (tertiary/aromatic N) is 2. The molecule has 1 aromatic carbocycles. The number of aryl methyl sites for hydroxylation is 3. The summed E-state index contributed by atoms with van der Waals surface area (Å²) in [6, 6.07) is 6.66. The number of aromatic nitrogens is 3. The number of halogens is 1. The molecule has 0 bridgehead atoms. The van der Waals surface area contributed by atoms with Gasteiger partial charge in [-0.25, -0.2) is 14.4 Å². The molecule has 0 fully saturated rings. The van der Waals surface area contributed by atoms with Crippen LogP contribution in [0.1, 0.15) is 27.3 Å². The fourth-order valence-electron chi connectivity index (χ4n) is 3.57. The topological polar surface area (TPSA) is 85.9 Å². The van der Waals surface area contributed by atoms with E-state index in [1.54, 1.807) is 12.1 Å². The minimum absolute atomic E-state index is 0.171. The average Bonchev–Trinajstić information content (AvgIpc) is 3.18. The van der Waals surface area contributed by atoms with Crippen molar-refractivity contribution >= 4 is 15.9 Å². The first kappa shape index (κ1) is 23.1. The molecule has 0 spiro atoms. The fraction of sp³-hybridized carbons (Fsp3) is 0.391. The van der Waals surface area contributed by atoms with Gasteiger partial charge in [0.05, 0.1) is 29.3 Å². The van der Waals surface area contributed by atoms with Crippen molar-refractivity contribution in [1.29, 1.82) is 0 Å². The molecule has 168 valence electrons. The molecule has 3 N–H and O–H groups in total. The number of nitrogens with one attached hydrogen (secondary N) is 1. The molecule has 0 saturated heterocycles. The largest absolute Gasteiger partial charge is 0.366 e. The quantitative estimate of drug-likeness (QED) is 0.504. The van der Waals surface area contributed by atoms with Crippen molar-refractivity contribution in [2.24, 2.45) is 5.73 Å². The Morgan fingerprint density at radius 3 is 2.48 bits per heavy atom. The highest BCUT2D eigenvalue weighted by Gasteiger charge is 2.25. The van der Waals surface area contributed by atoms with E-state index in [0.717, 1.165) is 34.0 Å². The lowest BCUT2D eigenvalue weighted by molar-refractivity contribution is 0.0917. The fourth-order valence-corrected chi connectivity index (χ4v) is 4.19. The van der Waals surface area contributed by atoms with Gasteiger partial charge in [-0.2, -0.15) is 5.10 Å². The number of carbonyl (C=O) groups is 1. The zero-order chi connectivity index (χ0) is 22.9. The van der Waals surface area contributed by atoms with E-state index in [9.17, 15) is 9.18 Å². The molecule has 6 nitrogen and oxygen atoms in total. The van der Waals surface area contributed by atoms with Crippen molar-refractivity contribution in [1.82, 2.24) is 14.8 Å². The molecule has 2 heterocycles. The number of benzene rings is 1. The number of aromatic amines is 1. The van der Waals surface area contributed by atoms with Crippen molar-refractivity contribution in [2.45, 2.75) is 27.5 Å². The van der Waals surface area contributed by atoms with Crippen LogP contribution in [-0.2, 0) is 11.5 Å². The Labute approximate surface area is 184 Å². The summed E-state index contributed by atoms with van der Waals surface area (Å²) in [5.74, 6) is -0.0781. The normalized spacial score (nSPS) is 12.4. The Morgan fingerprint density at radius 1 is 1.23 bits per heavy atom. The molecule has 0 unspecified atom stereocenters. The van der Waals surface area contributed by atoms with Crippen LogP contribution in [0.15, 0.2) is 24.3 Å². The van der Waals surface area contributed by atoms with Gasteiger partial charge < -0.3 is 15.0 Å². The number of carbonyl (C=O) groups excluding carboxylic acids is 1. The summed E-state index contributed by atoms with van der Waals surface area (Å²) < 4.78 is 22.8. The van der Waals surface area contributed by atoms with Gasteiger partial charge in [0, 0.05) is 22.6 Å². The number of hydrogen-bond donors (Lipinski definition) is 2. The molecule has 0 aliphatic carbocycles. The second-order valence-electron chi connectivity index (χ2n) is 8.71. The number of primary amides is 1. The van der Waals surface area contributed by atoms with Crippen LogP contribution < -0.4 is 5.73 Å². The van der Waals surface area contributed by atoms with Gasteiger partial charge in [-0.05, 0) is 63.3 Å². The molecule has 1 amide bonds. The highest BCUT2D eigenvalue weighted by Crippen LogP contribution is 2.37. The van der Waals surface area contributed by atoms with Gasteiger partial charge in [-0.3, -0.25) is 9.89 Å². The summed E-state index contributed by atoms with van der Waals surface area (Å²) in [6.45, 7) is 6.36. The number of ether oxygens (including phenoxy) is 1. The van der Waals surface area contributed by atoms with Crippen LogP contribution in [0.3, 0.4) is 0 Å². The van der Waals surface area contributed by atoms with Gasteiger partial charge in [-0.1, -0.05) is 6.07 Å². The van der Waals surface area contributed by atoms with E-state index >= 15 is 0 Å². The zero-order valence-corrected chi connectivity index (χ0v) is 19.8. The molecule has 0 saturated carbocycles. The van der Waals surface area contributed by atoms with Crippen molar-refractivity contribution < 1.29 is 13.9 Å². The standard InChI is InChI=1S/C23H31FN4O2S/c1-14-7-8-17(19(24)11-14)22-18(23(25)29)12-20(21-15(2)26-27-16(21)3)28(22)13-30-9-10-31(4,5)6/h7-8,11-12H,9-10,13H2,1-6H3,(H2,25,29)(H,26,27).